The second kappa shape index (κ2) is 26.9. The number of nitrogens with zero attached hydrogens (tertiary/aromatic N) is 6. The van der Waals surface area contributed by atoms with E-state index in [1.54, 1.807) is 55.4 Å². The fourth-order valence-electron chi connectivity index (χ4n) is 8.50. The molecular weight excluding hydrogens is 1100 g/mol. The van der Waals surface area contributed by atoms with E-state index >= 15 is 0 Å². The summed E-state index contributed by atoms with van der Waals surface area (Å²) in [6.07, 6.45) is 12.2. The van der Waals surface area contributed by atoms with Crippen molar-refractivity contribution >= 4 is 99.1 Å². The number of aromatic nitrogens is 4. The molecule has 7 aromatic carbocycles. The summed E-state index contributed by atoms with van der Waals surface area (Å²) in [6, 6.07) is 52.9. The minimum Gasteiger partial charge on any atom is -0.367 e. The van der Waals surface area contributed by atoms with Crippen LogP contribution in [0, 0.1) is 0 Å². The molecule has 2 atom stereocenters. The van der Waals surface area contributed by atoms with Gasteiger partial charge in [0.1, 0.15) is 17.7 Å². The lowest BCUT2D eigenvalue weighted by molar-refractivity contribution is 0.0280. The molecule has 378 valence electrons. The van der Waals surface area contributed by atoms with E-state index in [1.807, 2.05) is 101 Å². The molecule has 2 unspecified atom stereocenters. The second-order valence-electron chi connectivity index (χ2n) is 16.9. The van der Waals surface area contributed by atoms with Gasteiger partial charge in [0.15, 0.2) is 0 Å². The number of hydrogen-bond donors (Lipinski definition) is 0. The van der Waals surface area contributed by atoms with Crippen LogP contribution in [0.2, 0.25) is 40.2 Å². The van der Waals surface area contributed by atoms with Gasteiger partial charge < -0.3 is 23.5 Å². The first kappa shape index (κ1) is 54.9. The van der Waals surface area contributed by atoms with Crippen molar-refractivity contribution in [3.8, 4) is 0 Å². The second-order valence-corrected chi connectivity index (χ2v) is 20.3. The molecule has 0 amide bonds. The van der Waals surface area contributed by atoms with Crippen molar-refractivity contribution in [1.29, 1.82) is 0 Å². The number of rotatable bonds is 16. The highest BCUT2D eigenvalue weighted by atomic mass is 35.5. The van der Waals surface area contributed by atoms with Crippen molar-refractivity contribution in [2.45, 2.75) is 44.1 Å². The van der Waals surface area contributed by atoms with Crippen LogP contribution in [0.4, 0.5) is 0 Å². The lowest BCUT2D eigenvalue weighted by Gasteiger charge is -2.43. The Hall–Kier alpha value is -5.33. The molecule has 74 heavy (non-hydrogen) atoms. The molecular formula is C58H48Cl8N6O2. The van der Waals surface area contributed by atoms with Crippen molar-refractivity contribution in [1.82, 2.24) is 24.0 Å². The zero-order chi connectivity index (χ0) is 51.9. The van der Waals surface area contributed by atoms with Gasteiger partial charge in [-0.05, 0) is 76.9 Å². The van der Waals surface area contributed by atoms with E-state index in [2.05, 4.69) is 80.5 Å². The molecule has 2 aromatic heterocycles. The highest BCUT2D eigenvalue weighted by Crippen LogP contribution is 2.45. The number of halogens is 8. The van der Waals surface area contributed by atoms with Gasteiger partial charge in [-0.3, -0.25) is 4.99 Å². The quantitative estimate of drug-likeness (QED) is 0.0902. The van der Waals surface area contributed by atoms with Crippen molar-refractivity contribution in [3.05, 3.63) is 280 Å². The minimum atomic E-state index is -0.499. The summed E-state index contributed by atoms with van der Waals surface area (Å²) in [5.41, 5.74) is 6.58. The van der Waals surface area contributed by atoms with Crippen LogP contribution in [0.5, 0.6) is 0 Å². The first-order valence-corrected chi connectivity index (χ1v) is 26.4. The van der Waals surface area contributed by atoms with E-state index in [0.717, 1.165) is 45.9 Å². The number of benzene rings is 7. The van der Waals surface area contributed by atoms with E-state index < -0.39 is 5.54 Å². The molecule has 0 aliphatic carbocycles. The van der Waals surface area contributed by atoms with E-state index in [1.165, 1.54) is 11.1 Å². The van der Waals surface area contributed by atoms with Crippen LogP contribution in [0.25, 0.3) is 0 Å². The van der Waals surface area contributed by atoms with Gasteiger partial charge in [-0.1, -0.05) is 202 Å². The van der Waals surface area contributed by atoms with Gasteiger partial charge in [0.2, 0.25) is 0 Å². The van der Waals surface area contributed by atoms with Gasteiger partial charge in [-0.25, -0.2) is 9.97 Å². The molecule has 8 nitrogen and oxygen atoms in total. The van der Waals surface area contributed by atoms with Crippen LogP contribution in [0.1, 0.15) is 51.2 Å². The lowest BCUT2D eigenvalue weighted by atomic mass is 9.75. The van der Waals surface area contributed by atoms with Gasteiger partial charge >= 0.3 is 0 Å². The SMILES string of the molecule is Clc1ccc(COC(Cn2ccnc2)c2ccc(Cl)cc2Cl)c(Cl)c1.Clc1ccc(COC(Cn2ccnc2)c2ccc(Cl)cc2Cl)cc1.Clc1ccccc1C(c1ccccc1)(c1ccccc1)N1C=NCC1. The van der Waals surface area contributed by atoms with Gasteiger partial charge in [-0.2, -0.15) is 0 Å². The van der Waals surface area contributed by atoms with Crippen LogP contribution in [0.15, 0.2) is 206 Å². The van der Waals surface area contributed by atoms with Gasteiger partial charge in [0.05, 0.1) is 51.8 Å². The Kier molecular flexibility index (Phi) is 20.0. The van der Waals surface area contributed by atoms with Gasteiger partial charge in [-0.15, -0.1) is 0 Å². The van der Waals surface area contributed by atoms with Crippen LogP contribution in [0.3, 0.4) is 0 Å². The van der Waals surface area contributed by atoms with Crippen LogP contribution < -0.4 is 0 Å². The number of imidazole rings is 2. The average molecular weight is 1140 g/mol. The Morgan fingerprint density at radius 3 is 1.45 bits per heavy atom. The molecule has 0 N–H and O–H groups in total. The Balaban J connectivity index is 0.000000148. The number of ether oxygens (including phenoxy) is 2. The van der Waals surface area contributed by atoms with Crippen molar-refractivity contribution < 1.29 is 9.47 Å². The molecule has 1 aliphatic heterocycles. The summed E-state index contributed by atoms with van der Waals surface area (Å²) < 4.78 is 16.1. The third-order valence-electron chi connectivity index (χ3n) is 12.1. The number of hydrogen-bond acceptors (Lipinski definition) is 6. The summed E-state index contributed by atoms with van der Waals surface area (Å²) >= 11 is 49.5. The predicted octanol–water partition coefficient (Wildman–Crippen LogP) is 17.2. The highest BCUT2D eigenvalue weighted by Gasteiger charge is 2.43. The van der Waals surface area contributed by atoms with E-state index in [0.29, 0.717) is 61.5 Å². The Labute approximate surface area is 471 Å². The largest absolute Gasteiger partial charge is 0.367 e. The topological polar surface area (TPSA) is 69.7 Å². The van der Waals surface area contributed by atoms with Gasteiger partial charge in [0, 0.05) is 88.2 Å². The van der Waals surface area contributed by atoms with Crippen molar-refractivity contribution in [2.75, 3.05) is 13.1 Å². The number of aliphatic imine (C=N–C) groups is 1. The fourth-order valence-corrected chi connectivity index (χ4v) is 10.4. The average Bonchev–Trinajstić information content (AvgIpc) is 4.25. The highest BCUT2D eigenvalue weighted by molar-refractivity contribution is 6.36. The molecule has 0 saturated heterocycles. The normalized spacial score (nSPS) is 12.9. The van der Waals surface area contributed by atoms with Crippen LogP contribution >= 0.6 is 92.8 Å². The molecule has 0 radical (unpaired) electrons. The zero-order valence-electron chi connectivity index (χ0n) is 39.6. The molecule has 10 rings (SSSR count). The minimum absolute atomic E-state index is 0.223. The first-order chi connectivity index (χ1) is 36.0. The maximum absolute atomic E-state index is 6.72. The van der Waals surface area contributed by atoms with Gasteiger partial charge in [0.25, 0.3) is 0 Å². The maximum atomic E-state index is 6.72. The summed E-state index contributed by atoms with van der Waals surface area (Å²) in [4.78, 5) is 14.9. The predicted molar refractivity (Wildman–Crippen MR) is 305 cm³/mol. The third kappa shape index (κ3) is 14.3. The molecule has 16 heteroatoms. The summed E-state index contributed by atoms with van der Waals surface area (Å²) in [7, 11) is 0. The summed E-state index contributed by atoms with van der Waals surface area (Å²) in [6.45, 7) is 3.60. The molecule has 0 bridgehead atoms. The van der Waals surface area contributed by atoms with Crippen LogP contribution in [-0.4, -0.2) is 43.4 Å². The lowest BCUT2D eigenvalue weighted by Crippen LogP contribution is -2.46. The Morgan fingerprint density at radius 2 is 0.973 bits per heavy atom. The van der Waals surface area contributed by atoms with Crippen LogP contribution in [-0.2, 0) is 41.3 Å². The molecule has 0 spiro atoms. The monoisotopic (exact) mass is 1140 g/mol. The maximum Gasteiger partial charge on any atom is 0.118 e. The molecule has 0 saturated carbocycles. The fraction of sp³-hybridized carbons (Fsp3) is 0.155. The Morgan fingerprint density at radius 1 is 0.486 bits per heavy atom. The zero-order valence-corrected chi connectivity index (χ0v) is 45.6. The Bertz CT molecular complexity index is 3160. The first-order valence-electron chi connectivity index (χ1n) is 23.3. The molecule has 3 heterocycles. The summed E-state index contributed by atoms with van der Waals surface area (Å²) in [5, 5.41) is 4.94. The van der Waals surface area contributed by atoms with E-state index in [9.17, 15) is 0 Å². The van der Waals surface area contributed by atoms with Crippen molar-refractivity contribution in [2.24, 2.45) is 4.99 Å². The smallest absolute Gasteiger partial charge is 0.118 e. The summed E-state index contributed by atoms with van der Waals surface area (Å²) in [5.74, 6) is 0. The molecule has 9 aromatic rings. The molecule has 1 aliphatic rings. The van der Waals surface area contributed by atoms with E-state index in [4.69, 9.17) is 102 Å². The standard InChI is InChI=1S/C22H19ClN2.C18H14Cl4N2O.C18H15Cl3N2O/c23-21-14-8-7-13-20(21)22(25-16-15-24-17-25,18-9-3-1-4-10-18)19-11-5-2-6-12-19;19-13-2-1-12(16(21)7-13)10-25-18(9-24-6-5-23-11-24)15-4-3-14(20)8-17(15)22;19-14-3-1-13(2-4-14)11-24-18(10-23-8-7-22-12-23)16-6-5-15(20)9-17(16)21/h1-14,17H,15-16H2;1-8,11,18H,9-10H2;1-9,12,18H,10-11H2. The third-order valence-corrected chi connectivity index (χ3v) is 14.4. The van der Waals surface area contributed by atoms with E-state index in [-0.39, 0.29) is 12.2 Å². The molecule has 0 fully saturated rings. The van der Waals surface area contributed by atoms with Crippen molar-refractivity contribution in [3.63, 3.8) is 0 Å².